The van der Waals surface area contributed by atoms with Crippen molar-refractivity contribution in [3.8, 4) is 0 Å². The van der Waals surface area contributed by atoms with Crippen LogP contribution in [0.15, 0.2) is 0 Å². The lowest BCUT2D eigenvalue weighted by atomic mass is 9.92. The van der Waals surface area contributed by atoms with Gasteiger partial charge < -0.3 is 5.73 Å². The summed E-state index contributed by atoms with van der Waals surface area (Å²) < 4.78 is 1.77. The van der Waals surface area contributed by atoms with Gasteiger partial charge in [-0.15, -0.1) is 5.10 Å². The minimum atomic E-state index is 0.209. The second-order valence-electron chi connectivity index (χ2n) is 4.34. The highest BCUT2D eigenvalue weighted by atomic mass is 15.5. The van der Waals surface area contributed by atoms with E-state index < -0.39 is 0 Å². The summed E-state index contributed by atoms with van der Waals surface area (Å²) in [5.74, 6) is 0.915. The number of nitrogens with zero attached hydrogens (tertiary/aromatic N) is 4. The Morgan fingerprint density at radius 2 is 2.08 bits per heavy atom. The Hall–Kier alpha value is -0.970. The summed E-state index contributed by atoms with van der Waals surface area (Å²) in [5.41, 5.74) is 5.65. The molecule has 0 bridgehead atoms. The van der Waals surface area contributed by atoms with E-state index in [1.165, 1.54) is 0 Å². The van der Waals surface area contributed by atoms with Crippen molar-refractivity contribution in [1.29, 1.82) is 0 Å². The molecule has 1 heterocycles. The zero-order valence-corrected chi connectivity index (χ0v) is 8.49. The minimum absolute atomic E-state index is 0.209. The van der Waals surface area contributed by atoms with Crippen LogP contribution in [0.5, 0.6) is 0 Å². The summed E-state index contributed by atoms with van der Waals surface area (Å²) in [5, 5.41) is 11.5. The molecule has 0 fully saturated rings. The fourth-order valence-electron chi connectivity index (χ4n) is 1.12. The van der Waals surface area contributed by atoms with Crippen LogP contribution < -0.4 is 5.73 Å². The lowest BCUT2D eigenvalue weighted by Crippen LogP contribution is -2.18. The average molecular weight is 183 g/mol. The van der Waals surface area contributed by atoms with Crippen LogP contribution in [0.2, 0.25) is 0 Å². The van der Waals surface area contributed by atoms with Gasteiger partial charge in [0, 0.05) is 13.0 Å². The van der Waals surface area contributed by atoms with Crippen LogP contribution in [0.3, 0.4) is 0 Å². The summed E-state index contributed by atoms with van der Waals surface area (Å²) >= 11 is 0. The van der Waals surface area contributed by atoms with Gasteiger partial charge >= 0.3 is 0 Å². The molecule has 74 valence electrons. The van der Waals surface area contributed by atoms with Crippen LogP contribution in [-0.2, 0) is 13.0 Å². The lowest BCUT2D eigenvalue weighted by Gasteiger charge is -2.16. The highest BCUT2D eigenvalue weighted by Crippen LogP contribution is 2.18. The molecule has 13 heavy (non-hydrogen) atoms. The Morgan fingerprint density at radius 3 is 2.62 bits per heavy atom. The molecule has 0 aromatic carbocycles. The lowest BCUT2D eigenvalue weighted by molar-refractivity contribution is 0.387. The first kappa shape index (κ1) is 10.1. The summed E-state index contributed by atoms with van der Waals surface area (Å²) in [7, 11) is 0. The highest BCUT2D eigenvalue weighted by Gasteiger charge is 2.16. The van der Waals surface area contributed by atoms with E-state index >= 15 is 0 Å². The third-order valence-electron chi connectivity index (χ3n) is 1.64. The highest BCUT2D eigenvalue weighted by molar-refractivity contribution is 4.86. The summed E-state index contributed by atoms with van der Waals surface area (Å²) in [6, 6.07) is 0. The van der Waals surface area contributed by atoms with Gasteiger partial charge in [-0.05, 0) is 15.8 Å². The molecule has 1 aromatic heterocycles. The molecule has 0 spiro atoms. The van der Waals surface area contributed by atoms with Crippen molar-refractivity contribution in [1.82, 2.24) is 20.2 Å². The molecule has 0 aliphatic carbocycles. The van der Waals surface area contributed by atoms with Crippen molar-refractivity contribution < 1.29 is 0 Å². The fourth-order valence-corrected chi connectivity index (χ4v) is 1.12. The predicted octanol–water partition coefficient (Wildman–Crippen LogP) is 0.220. The molecule has 5 nitrogen and oxygen atoms in total. The number of nitrogens with two attached hydrogens (primary N) is 1. The Morgan fingerprint density at radius 1 is 1.38 bits per heavy atom. The molecule has 1 rings (SSSR count). The van der Waals surface area contributed by atoms with Gasteiger partial charge in [0.15, 0.2) is 5.82 Å². The van der Waals surface area contributed by atoms with Crippen LogP contribution in [0, 0.1) is 5.41 Å². The van der Waals surface area contributed by atoms with Gasteiger partial charge in [0.25, 0.3) is 0 Å². The Bertz CT molecular complexity index is 260. The number of rotatable bonds is 3. The number of hydrogen-bond acceptors (Lipinski definition) is 4. The van der Waals surface area contributed by atoms with E-state index in [4.69, 9.17) is 5.73 Å². The van der Waals surface area contributed by atoms with Gasteiger partial charge in [0.1, 0.15) is 0 Å². The van der Waals surface area contributed by atoms with Crippen molar-refractivity contribution in [3.63, 3.8) is 0 Å². The SMILES string of the molecule is CC(C)(C)Cc1nnnn1CCN. The first-order chi connectivity index (χ1) is 6.03. The van der Waals surface area contributed by atoms with Gasteiger partial charge in [-0.1, -0.05) is 20.8 Å². The van der Waals surface area contributed by atoms with E-state index in [-0.39, 0.29) is 5.41 Å². The Labute approximate surface area is 78.3 Å². The third-order valence-corrected chi connectivity index (χ3v) is 1.64. The van der Waals surface area contributed by atoms with E-state index in [0.29, 0.717) is 13.1 Å². The molecule has 1 aromatic rings. The molecule has 0 saturated carbocycles. The second-order valence-corrected chi connectivity index (χ2v) is 4.34. The average Bonchev–Trinajstić information content (AvgIpc) is 2.34. The van der Waals surface area contributed by atoms with Gasteiger partial charge in [0.2, 0.25) is 0 Å². The quantitative estimate of drug-likeness (QED) is 0.727. The summed E-state index contributed by atoms with van der Waals surface area (Å²) in [4.78, 5) is 0. The van der Waals surface area contributed by atoms with E-state index in [1.54, 1.807) is 4.68 Å². The molecule has 0 aliphatic heterocycles. The number of aromatic nitrogens is 4. The summed E-state index contributed by atoms with van der Waals surface area (Å²) in [6.07, 6.45) is 0.875. The van der Waals surface area contributed by atoms with Crippen molar-refractivity contribution >= 4 is 0 Å². The third kappa shape index (κ3) is 3.10. The molecule has 0 radical (unpaired) electrons. The first-order valence-electron chi connectivity index (χ1n) is 4.48. The molecule has 5 heteroatoms. The Balaban J connectivity index is 2.70. The monoisotopic (exact) mass is 183 g/mol. The molecule has 2 N–H and O–H groups in total. The maximum Gasteiger partial charge on any atom is 0.151 e. The fraction of sp³-hybridized carbons (Fsp3) is 0.875. The molecular formula is C8H17N5. The van der Waals surface area contributed by atoms with Crippen LogP contribution in [0.4, 0.5) is 0 Å². The standard InChI is InChI=1S/C8H17N5/c1-8(2,3)6-7-10-11-12-13(7)5-4-9/h4-6,9H2,1-3H3. The van der Waals surface area contributed by atoms with Gasteiger partial charge in [-0.25, -0.2) is 4.68 Å². The van der Waals surface area contributed by atoms with Crippen LogP contribution in [0.1, 0.15) is 26.6 Å². The van der Waals surface area contributed by atoms with E-state index in [0.717, 1.165) is 12.2 Å². The van der Waals surface area contributed by atoms with Gasteiger partial charge in [-0.3, -0.25) is 0 Å². The minimum Gasteiger partial charge on any atom is -0.329 e. The molecule has 0 atom stereocenters. The van der Waals surface area contributed by atoms with Crippen molar-refractivity contribution in [2.75, 3.05) is 6.54 Å². The molecule has 0 saturated heterocycles. The zero-order chi connectivity index (χ0) is 9.90. The zero-order valence-electron chi connectivity index (χ0n) is 8.49. The normalized spacial score (nSPS) is 12.0. The number of hydrogen-bond donors (Lipinski definition) is 1. The predicted molar refractivity (Wildman–Crippen MR) is 50.0 cm³/mol. The van der Waals surface area contributed by atoms with E-state index in [1.807, 2.05) is 0 Å². The smallest absolute Gasteiger partial charge is 0.151 e. The van der Waals surface area contributed by atoms with Crippen LogP contribution in [-0.4, -0.2) is 26.8 Å². The van der Waals surface area contributed by atoms with E-state index in [9.17, 15) is 0 Å². The topological polar surface area (TPSA) is 69.6 Å². The molecule has 0 unspecified atom stereocenters. The molecule has 0 amide bonds. The largest absolute Gasteiger partial charge is 0.329 e. The van der Waals surface area contributed by atoms with E-state index in [2.05, 4.69) is 36.3 Å². The van der Waals surface area contributed by atoms with Crippen molar-refractivity contribution in [2.24, 2.45) is 11.1 Å². The summed E-state index contributed by atoms with van der Waals surface area (Å²) in [6.45, 7) is 7.75. The maximum absolute atomic E-state index is 5.44. The number of tetrazole rings is 1. The molecule has 0 aliphatic rings. The van der Waals surface area contributed by atoms with Crippen LogP contribution >= 0.6 is 0 Å². The second kappa shape index (κ2) is 3.83. The van der Waals surface area contributed by atoms with Crippen molar-refractivity contribution in [3.05, 3.63) is 5.82 Å². The maximum atomic E-state index is 5.44. The van der Waals surface area contributed by atoms with Crippen molar-refractivity contribution in [2.45, 2.75) is 33.7 Å². The Kier molecular flexibility index (Phi) is 2.98. The van der Waals surface area contributed by atoms with Crippen LogP contribution in [0.25, 0.3) is 0 Å². The van der Waals surface area contributed by atoms with Gasteiger partial charge in [-0.2, -0.15) is 0 Å². The first-order valence-corrected chi connectivity index (χ1v) is 4.48. The van der Waals surface area contributed by atoms with Gasteiger partial charge in [0.05, 0.1) is 6.54 Å². The molecular weight excluding hydrogens is 166 g/mol.